The minimum absolute atomic E-state index is 0.00147. The first kappa shape index (κ1) is 35.7. The van der Waals surface area contributed by atoms with Crippen LogP contribution < -0.4 is 0 Å². The van der Waals surface area contributed by atoms with Gasteiger partial charge in [0.1, 0.15) is 27.5 Å². The van der Waals surface area contributed by atoms with Gasteiger partial charge in [-0.05, 0) is 86.4 Å². The van der Waals surface area contributed by atoms with Gasteiger partial charge in [-0.15, -0.1) is 0 Å². The SMILES string of the molecule is CC(C)C1=C(C(=O)N2C[C@@H]3C[C@@H]3[C@H]2C(=O)N2CC3(CC3)N(C(=O)C(F)(F)F)C[C@@H]2C)SC2=N[C@@](C)(c3ccc(Cl)nc3)[C@@H](c3ccc(Cl)c(F)c3)N21. The minimum Gasteiger partial charge on any atom is -0.334 e. The smallest absolute Gasteiger partial charge is 0.334 e. The molecule has 52 heavy (non-hydrogen) atoms. The number of thioether (sulfide) groups is 1. The van der Waals surface area contributed by atoms with Gasteiger partial charge in [0.25, 0.3) is 5.91 Å². The summed E-state index contributed by atoms with van der Waals surface area (Å²) in [7, 11) is 0. The lowest BCUT2D eigenvalue weighted by molar-refractivity contribution is -0.193. The summed E-state index contributed by atoms with van der Waals surface area (Å²) in [5.41, 5.74) is 0.0158. The molecule has 9 nitrogen and oxygen atoms in total. The number of amides is 3. The predicted octanol–water partition coefficient (Wildman–Crippen LogP) is 6.77. The highest BCUT2D eigenvalue weighted by atomic mass is 35.5. The lowest BCUT2D eigenvalue weighted by Gasteiger charge is -2.47. The molecule has 5 heterocycles. The Kier molecular flexibility index (Phi) is 8.28. The Labute approximate surface area is 312 Å². The monoisotopic (exact) mass is 778 g/mol. The Hall–Kier alpha value is -3.36. The maximum Gasteiger partial charge on any atom is 0.471 e. The van der Waals surface area contributed by atoms with Crippen LogP contribution >= 0.6 is 35.0 Å². The van der Waals surface area contributed by atoms with Gasteiger partial charge in [0.15, 0.2) is 5.17 Å². The first-order valence-electron chi connectivity index (χ1n) is 17.3. The van der Waals surface area contributed by atoms with Crippen molar-refractivity contribution in [3.63, 3.8) is 0 Å². The van der Waals surface area contributed by atoms with E-state index in [4.69, 9.17) is 28.2 Å². The molecular weight excluding hydrogens is 743 g/mol. The molecule has 1 aromatic carbocycles. The van der Waals surface area contributed by atoms with Gasteiger partial charge in [0.05, 0.1) is 16.6 Å². The zero-order valence-electron chi connectivity index (χ0n) is 28.8. The molecule has 2 aromatic rings. The number of aromatic nitrogens is 1. The molecule has 16 heteroatoms. The number of allylic oxidation sites excluding steroid dienone is 1. The number of nitrogens with zero attached hydrogens (tertiary/aromatic N) is 6. The van der Waals surface area contributed by atoms with Crippen LogP contribution in [0.15, 0.2) is 52.1 Å². The molecule has 6 atom stereocenters. The van der Waals surface area contributed by atoms with Gasteiger partial charge in [-0.1, -0.05) is 49.2 Å². The lowest BCUT2D eigenvalue weighted by atomic mass is 9.81. The molecular formula is C36H36Cl2F4N6O3S. The number of fused-ring (bicyclic) bond motifs is 2. The van der Waals surface area contributed by atoms with E-state index in [1.54, 1.807) is 35.1 Å². The van der Waals surface area contributed by atoms with Crippen molar-refractivity contribution in [3.05, 3.63) is 74.3 Å². The largest absolute Gasteiger partial charge is 0.471 e. The van der Waals surface area contributed by atoms with Gasteiger partial charge in [-0.3, -0.25) is 14.4 Å². The van der Waals surface area contributed by atoms with E-state index in [-0.39, 0.29) is 47.7 Å². The summed E-state index contributed by atoms with van der Waals surface area (Å²) in [6.45, 7) is 7.68. The fraction of sp³-hybridized carbons (Fsp3) is 0.528. The van der Waals surface area contributed by atoms with E-state index in [2.05, 4.69) is 4.98 Å². The maximum absolute atomic E-state index is 15.1. The lowest BCUT2D eigenvalue weighted by Crippen LogP contribution is -2.66. The Morgan fingerprint density at radius 3 is 2.40 bits per heavy atom. The van der Waals surface area contributed by atoms with Crippen molar-refractivity contribution in [1.29, 1.82) is 0 Å². The van der Waals surface area contributed by atoms with E-state index < -0.39 is 47.1 Å². The van der Waals surface area contributed by atoms with E-state index in [0.29, 0.717) is 45.9 Å². The van der Waals surface area contributed by atoms with Crippen molar-refractivity contribution >= 4 is 57.9 Å². The number of alkyl halides is 3. The molecule has 0 radical (unpaired) electrons. The molecule has 0 bridgehead atoms. The number of piperazine rings is 1. The van der Waals surface area contributed by atoms with Gasteiger partial charge in [-0.2, -0.15) is 13.2 Å². The topological polar surface area (TPSA) is 89.4 Å². The summed E-state index contributed by atoms with van der Waals surface area (Å²) < 4.78 is 55.5. The zero-order valence-corrected chi connectivity index (χ0v) is 31.1. The molecule has 6 aliphatic rings. The quantitative estimate of drug-likeness (QED) is 0.246. The normalized spacial score (nSPS) is 30.3. The third-order valence-electron chi connectivity index (χ3n) is 11.6. The number of halogens is 6. The second-order valence-electron chi connectivity index (χ2n) is 15.3. The van der Waals surface area contributed by atoms with Crippen LogP contribution in [-0.4, -0.2) is 90.9 Å². The van der Waals surface area contributed by atoms with Gasteiger partial charge in [-0.25, -0.2) is 14.4 Å². The number of hydrogen-bond acceptors (Lipinski definition) is 7. The number of benzene rings is 1. The Morgan fingerprint density at radius 1 is 1.06 bits per heavy atom. The van der Waals surface area contributed by atoms with Crippen molar-refractivity contribution in [2.24, 2.45) is 22.7 Å². The van der Waals surface area contributed by atoms with Crippen LogP contribution in [0.3, 0.4) is 0 Å². The van der Waals surface area contributed by atoms with Crippen LogP contribution in [0.2, 0.25) is 10.2 Å². The summed E-state index contributed by atoms with van der Waals surface area (Å²) in [5, 5.41) is 0.832. The molecule has 2 aliphatic carbocycles. The Bertz CT molecular complexity index is 1960. The van der Waals surface area contributed by atoms with Gasteiger partial charge in [0.2, 0.25) is 5.91 Å². The molecule has 1 spiro atoms. The summed E-state index contributed by atoms with van der Waals surface area (Å²) in [5.74, 6) is -3.16. The molecule has 1 aromatic heterocycles. The summed E-state index contributed by atoms with van der Waals surface area (Å²) in [6, 6.07) is 6.10. The van der Waals surface area contributed by atoms with Crippen LogP contribution in [0.5, 0.6) is 0 Å². The standard InChI is InChI=1S/C36H36Cl2F4N6O3S/c1-17(2)26-28(52-33-44-34(4,21-6-8-25(38)43-13-21)29(48(26)33)19-5-7-23(37)24(39)12-19)31(50)45-15-20-11-22(20)27(45)30(49)46-16-35(9-10-35)47(14-18(46)3)32(51)36(40,41)42/h5-8,12-13,17-18,20,22,27,29H,9-11,14-16H2,1-4H3/t18-,20-,22-,27-,29+,34-/m0/s1. The van der Waals surface area contributed by atoms with Crippen LogP contribution in [-0.2, 0) is 19.9 Å². The predicted molar refractivity (Wildman–Crippen MR) is 187 cm³/mol. The molecule has 2 saturated heterocycles. The van der Waals surface area contributed by atoms with E-state index >= 15 is 4.39 Å². The fourth-order valence-electron chi connectivity index (χ4n) is 8.71. The van der Waals surface area contributed by atoms with E-state index in [1.807, 2.05) is 31.7 Å². The highest BCUT2D eigenvalue weighted by Crippen LogP contribution is 2.58. The van der Waals surface area contributed by atoms with Crippen LogP contribution in [0.1, 0.15) is 64.1 Å². The van der Waals surface area contributed by atoms with Crippen LogP contribution in [0.4, 0.5) is 17.6 Å². The number of carbonyl (C=O) groups is 3. The average molecular weight is 780 g/mol. The van der Waals surface area contributed by atoms with Gasteiger partial charge >= 0.3 is 12.1 Å². The van der Waals surface area contributed by atoms with E-state index in [0.717, 1.165) is 16.9 Å². The number of carbonyl (C=O) groups excluding carboxylic acids is 3. The highest BCUT2D eigenvalue weighted by Gasteiger charge is 2.64. The average Bonchev–Trinajstić information content (AvgIpc) is 3.93. The number of rotatable bonds is 5. The highest BCUT2D eigenvalue weighted by molar-refractivity contribution is 8.18. The first-order valence-corrected chi connectivity index (χ1v) is 18.9. The Balaban J connectivity index is 1.12. The van der Waals surface area contributed by atoms with E-state index in [9.17, 15) is 27.6 Å². The fourth-order valence-corrected chi connectivity index (χ4v) is 10.3. The van der Waals surface area contributed by atoms with Crippen molar-refractivity contribution in [2.45, 2.75) is 82.3 Å². The number of hydrogen-bond donors (Lipinski definition) is 0. The third-order valence-corrected chi connectivity index (χ3v) is 13.2. The van der Waals surface area contributed by atoms with Crippen molar-refractivity contribution in [1.82, 2.24) is 24.6 Å². The number of amidine groups is 1. The molecule has 0 unspecified atom stereocenters. The van der Waals surface area contributed by atoms with Gasteiger partial charge in [0, 0.05) is 43.1 Å². The molecule has 2 saturated carbocycles. The molecule has 276 valence electrons. The van der Waals surface area contributed by atoms with Crippen LogP contribution in [0, 0.1) is 23.6 Å². The summed E-state index contributed by atoms with van der Waals surface area (Å²) in [4.78, 5) is 57.5. The zero-order chi connectivity index (χ0) is 37.2. The molecule has 3 amide bonds. The Morgan fingerprint density at radius 2 is 1.79 bits per heavy atom. The molecule has 4 fully saturated rings. The first-order chi connectivity index (χ1) is 24.4. The number of aliphatic imine (C=N–C) groups is 1. The number of piperidine rings is 1. The molecule has 0 N–H and O–H groups in total. The summed E-state index contributed by atoms with van der Waals surface area (Å²) in [6.07, 6.45) is -1.81. The maximum atomic E-state index is 15.1. The minimum atomic E-state index is -5.00. The molecule has 8 rings (SSSR count). The van der Waals surface area contributed by atoms with Gasteiger partial charge < -0.3 is 19.6 Å². The molecule has 4 aliphatic heterocycles. The number of pyridine rings is 1. The van der Waals surface area contributed by atoms with Crippen LogP contribution in [0.25, 0.3) is 0 Å². The van der Waals surface area contributed by atoms with Crippen molar-refractivity contribution in [2.75, 3.05) is 19.6 Å². The second-order valence-corrected chi connectivity index (χ2v) is 17.1. The summed E-state index contributed by atoms with van der Waals surface area (Å²) >= 11 is 13.5. The van der Waals surface area contributed by atoms with Crippen molar-refractivity contribution < 1.29 is 31.9 Å². The second kappa shape index (κ2) is 12.1. The third kappa shape index (κ3) is 5.52. The van der Waals surface area contributed by atoms with E-state index in [1.165, 1.54) is 23.9 Å². The van der Waals surface area contributed by atoms with Crippen molar-refractivity contribution in [3.8, 4) is 0 Å². The number of likely N-dealkylation sites (tertiary alicyclic amines) is 1.